The van der Waals surface area contributed by atoms with E-state index in [0.717, 1.165) is 6.54 Å². The Morgan fingerprint density at radius 3 is 2.62 bits per heavy atom. The van der Waals surface area contributed by atoms with Crippen molar-refractivity contribution in [3.05, 3.63) is 71.3 Å². The molecule has 0 saturated carbocycles. The van der Waals surface area contributed by atoms with Crippen molar-refractivity contribution in [2.45, 2.75) is 58.3 Å². The van der Waals surface area contributed by atoms with E-state index < -0.39 is 0 Å². The van der Waals surface area contributed by atoms with E-state index in [1.165, 1.54) is 24.9 Å². The van der Waals surface area contributed by atoms with Crippen LogP contribution in [0.15, 0.2) is 54.6 Å². The maximum absolute atomic E-state index is 6.16. The summed E-state index contributed by atoms with van der Waals surface area (Å²) in [5.41, 5.74) is 4.74. The van der Waals surface area contributed by atoms with Gasteiger partial charge in [0.2, 0.25) is 0 Å². The Morgan fingerprint density at radius 1 is 1.08 bits per heavy atom. The number of fused-ring (bicyclic) bond motifs is 4. The third kappa shape index (κ3) is 3.33. The second-order valence-corrected chi connectivity index (χ2v) is 8.68. The molecule has 2 aromatic rings. The summed E-state index contributed by atoms with van der Waals surface area (Å²) in [5.74, 6) is 0.689. The molecule has 4 rings (SSSR count). The third-order valence-electron chi connectivity index (χ3n) is 6.62. The predicted molar refractivity (Wildman–Crippen MR) is 107 cm³/mol. The lowest BCUT2D eigenvalue weighted by molar-refractivity contribution is -0.0367. The van der Waals surface area contributed by atoms with Gasteiger partial charge in [-0.2, -0.15) is 0 Å². The van der Waals surface area contributed by atoms with Gasteiger partial charge in [0.1, 0.15) is 0 Å². The van der Waals surface area contributed by atoms with Gasteiger partial charge in [-0.3, -0.25) is 4.90 Å². The second kappa shape index (κ2) is 7.17. The van der Waals surface area contributed by atoms with Gasteiger partial charge < -0.3 is 4.74 Å². The summed E-state index contributed by atoms with van der Waals surface area (Å²) < 4.78 is 6.16. The number of rotatable bonds is 5. The molecule has 3 atom stereocenters. The van der Waals surface area contributed by atoms with Crippen molar-refractivity contribution in [2.75, 3.05) is 13.1 Å². The van der Waals surface area contributed by atoms with Crippen molar-refractivity contribution in [1.29, 1.82) is 0 Å². The van der Waals surface area contributed by atoms with Gasteiger partial charge in [-0.15, -0.1) is 0 Å². The quantitative estimate of drug-likeness (QED) is 0.750. The predicted octanol–water partition coefficient (Wildman–Crippen LogP) is 5.03. The van der Waals surface area contributed by atoms with Crippen LogP contribution in [0.1, 0.15) is 49.8 Å². The van der Waals surface area contributed by atoms with Crippen LogP contribution in [-0.4, -0.2) is 30.1 Å². The average molecular weight is 350 g/mol. The molecular weight excluding hydrogens is 318 g/mol. The molecule has 1 heterocycles. The Bertz CT molecular complexity index is 739. The summed E-state index contributed by atoms with van der Waals surface area (Å²) >= 11 is 0. The van der Waals surface area contributed by atoms with Gasteiger partial charge in [0, 0.05) is 12.6 Å². The van der Waals surface area contributed by atoms with Gasteiger partial charge in [-0.25, -0.2) is 0 Å². The Hall–Kier alpha value is -1.64. The zero-order valence-corrected chi connectivity index (χ0v) is 16.3. The first-order valence-corrected chi connectivity index (χ1v) is 10.0. The number of piperidine rings is 1. The van der Waals surface area contributed by atoms with Gasteiger partial charge in [0.05, 0.1) is 12.7 Å². The topological polar surface area (TPSA) is 12.5 Å². The van der Waals surface area contributed by atoms with Crippen molar-refractivity contribution >= 4 is 0 Å². The SMILES string of the molecule is C[C@@H](CN1CC[C@H]2c3ccccc3C[C@@H]1C2(C)C)OCc1ccccc1. The molecule has 0 aromatic heterocycles. The minimum absolute atomic E-state index is 0.250. The minimum Gasteiger partial charge on any atom is -0.373 e. The number of likely N-dealkylation sites (tertiary alicyclic amines) is 1. The maximum atomic E-state index is 6.16. The van der Waals surface area contributed by atoms with E-state index in [-0.39, 0.29) is 6.10 Å². The van der Waals surface area contributed by atoms with E-state index in [1.54, 1.807) is 11.1 Å². The fourth-order valence-corrected chi connectivity index (χ4v) is 5.16. The van der Waals surface area contributed by atoms with Crippen LogP contribution >= 0.6 is 0 Å². The molecule has 26 heavy (non-hydrogen) atoms. The molecule has 0 unspecified atom stereocenters. The Labute approximate surface area is 158 Å². The van der Waals surface area contributed by atoms with Crippen LogP contribution in [0.2, 0.25) is 0 Å². The highest BCUT2D eigenvalue weighted by Gasteiger charge is 2.48. The van der Waals surface area contributed by atoms with E-state index in [9.17, 15) is 0 Å². The van der Waals surface area contributed by atoms with Crippen LogP contribution < -0.4 is 0 Å². The molecule has 2 nitrogen and oxygen atoms in total. The third-order valence-corrected chi connectivity index (χ3v) is 6.62. The molecule has 0 amide bonds. The molecule has 2 heteroatoms. The zero-order valence-electron chi connectivity index (χ0n) is 16.3. The molecule has 1 aliphatic heterocycles. The van der Waals surface area contributed by atoms with Crippen LogP contribution in [0.5, 0.6) is 0 Å². The summed E-state index contributed by atoms with van der Waals surface area (Å²) in [6.07, 6.45) is 2.68. The van der Waals surface area contributed by atoms with Crippen LogP contribution in [-0.2, 0) is 17.8 Å². The summed E-state index contributed by atoms with van der Waals surface area (Å²) in [5, 5.41) is 0. The Morgan fingerprint density at radius 2 is 1.81 bits per heavy atom. The van der Waals surface area contributed by atoms with Gasteiger partial charge >= 0.3 is 0 Å². The monoisotopic (exact) mass is 349 g/mol. The average Bonchev–Trinajstić information content (AvgIpc) is 2.63. The highest BCUT2D eigenvalue weighted by Crippen LogP contribution is 2.51. The van der Waals surface area contributed by atoms with E-state index in [2.05, 4.69) is 80.3 Å². The van der Waals surface area contributed by atoms with Crippen LogP contribution in [0.4, 0.5) is 0 Å². The first kappa shape index (κ1) is 17.8. The highest BCUT2D eigenvalue weighted by atomic mass is 16.5. The summed E-state index contributed by atoms with van der Waals surface area (Å²) in [6, 6.07) is 20.2. The zero-order chi connectivity index (χ0) is 18.1. The van der Waals surface area contributed by atoms with E-state index in [1.807, 2.05) is 0 Å². The standard InChI is InChI=1S/C24H31NO/c1-18(26-17-19-9-5-4-6-10-19)16-25-14-13-22-21-12-8-7-11-20(21)15-23(25)24(22,2)3/h4-12,18,22-23H,13-17H2,1-3H3/t18-,22-,23+/m0/s1. The molecule has 2 bridgehead atoms. The van der Waals surface area contributed by atoms with Gasteiger partial charge in [0.15, 0.2) is 0 Å². The first-order chi connectivity index (χ1) is 12.6. The number of hydrogen-bond donors (Lipinski definition) is 0. The molecule has 2 aliphatic rings. The molecular formula is C24H31NO. The van der Waals surface area contributed by atoms with Crippen molar-refractivity contribution in [2.24, 2.45) is 5.41 Å². The normalized spacial score (nSPS) is 25.5. The van der Waals surface area contributed by atoms with Crippen molar-refractivity contribution in [1.82, 2.24) is 4.90 Å². The second-order valence-electron chi connectivity index (χ2n) is 8.68. The smallest absolute Gasteiger partial charge is 0.0721 e. The fourth-order valence-electron chi connectivity index (χ4n) is 5.16. The van der Waals surface area contributed by atoms with Gasteiger partial charge in [0.25, 0.3) is 0 Å². The molecule has 2 aromatic carbocycles. The molecule has 1 saturated heterocycles. The van der Waals surface area contributed by atoms with Crippen LogP contribution in [0.25, 0.3) is 0 Å². The fraction of sp³-hybridized carbons (Fsp3) is 0.500. The van der Waals surface area contributed by atoms with Crippen molar-refractivity contribution in [3.8, 4) is 0 Å². The highest BCUT2D eigenvalue weighted by molar-refractivity contribution is 5.37. The summed E-state index contributed by atoms with van der Waals surface area (Å²) in [4.78, 5) is 2.70. The molecule has 0 spiro atoms. The van der Waals surface area contributed by atoms with Crippen molar-refractivity contribution in [3.63, 3.8) is 0 Å². The number of ether oxygens (including phenoxy) is 1. The molecule has 0 N–H and O–H groups in total. The first-order valence-electron chi connectivity index (χ1n) is 10.0. The van der Waals surface area contributed by atoms with E-state index >= 15 is 0 Å². The Balaban J connectivity index is 1.44. The maximum Gasteiger partial charge on any atom is 0.0721 e. The van der Waals surface area contributed by atoms with Crippen LogP contribution in [0, 0.1) is 5.41 Å². The lowest BCUT2D eigenvalue weighted by Crippen LogP contribution is -2.58. The number of nitrogens with zero attached hydrogens (tertiary/aromatic N) is 1. The Kier molecular flexibility index (Phi) is 4.90. The molecule has 0 radical (unpaired) electrons. The lowest BCUT2D eigenvalue weighted by Gasteiger charge is -2.55. The van der Waals surface area contributed by atoms with Crippen molar-refractivity contribution < 1.29 is 4.74 Å². The molecule has 1 aliphatic carbocycles. The van der Waals surface area contributed by atoms with E-state index in [0.29, 0.717) is 24.0 Å². The van der Waals surface area contributed by atoms with Gasteiger partial charge in [-0.05, 0) is 54.3 Å². The number of hydrogen-bond acceptors (Lipinski definition) is 2. The largest absolute Gasteiger partial charge is 0.373 e. The molecule has 1 fully saturated rings. The minimum atomic E-state index is 0.250. The summed E-state index contributed by atoms with van der Waals surface area (Å²) in [7, 11) is 0. The number of benzene rings is 2. The van der Waals surface area contributed by atoms with Crippen LogP contribution in [0.3, 0.4) is 0 Å². The van der Waals surface area contributed by atoms with E-state index in [4.69, 9.17) is 4.74 Å². The lowest BCUT2D eigenvalue weighted by atomic mass is 9.59. The summed E-state index contributed by atoms with van der Waals surface area (Å²) in [6.45, 7) is 10.1. The van der Waals surface area contributed by atoms with Gasteiger partial charge in [-0.1, -0.05) is 68.4 Å². The molecule has 138 valence electrons.